The molecule has 0 aliphatic rings. The van der Waals surface area contributed by atoms with Gasteiger partial charge in [0, 0.05) is 12.7 Å². The molecule has 0 bridgehead atoms. The number of hydrogen-bond acceptors (Lipinski definition) is 3. The summed E-state index contributed by atoms with van der Waals surface area (Å²) in [7, 11) is 1.87. The van der Waals surface area contributed by atoms with Crippen LogP contribution in [0.1, 0.15) is 11.1 Å². The molecule has 4 heteroatoms. The maximum atomic E-state index is 11.8. The minimum atomic E-state index is -0.148. The monoisotopic (exact) mass is 281 g/mol. The maximum absolute atomic E-state index is 11.8. The van der Waals surface area contributed by atoms with Crippen LogP contribution in [0.5, 0.6) is 0 Å². The van der Waals surface area contributed by atoms with Crippen LogP contribution in [0.25, 0.3) is 0 Å². The number of carbonyl (C=O) groups is 1. The zero-order valence-electron chi connectivity index (χ0n) is 12.3. The molecule has 0 saturated carbocycles. The standard InChI is InChI=1S/C17H19N3O/c1-14-8-10-15(11-9-14)12-18-19-17(21)13-20(2)16-6-4-3-5-7-16/h3-12H,13H2,1-2H3,(H,19,21)/b18-12-. The first kappa shape index (κ1) is 14.8. The Labute approximate surface area is 125 Å². The van der Waals surface area contributed by atoms with Crippen LogP contribution in [-0.4, -0.2) is 25.7 Å². The largest absolute Gasteiger partial charge is 0.365 e. The number of hydrazone groups is 1. The van der Waals surface area contributed by atoms with Gasteiger partial charge in [0.2, 0.25) is 0 Å². The molecule has 108 valence electrons. The molecule has 0 fully saturated rings. The Bertz CT molecular complexity index is 606. The number of carbonyl (C=O) groups excluding carboxylic acids is 1. The van der Waals surface area contributed by atoms with Gasteiger partial charge in [0.25, 0.3) is 5.91 Å². The Morgan fingerprint density at radius 1 is 1.14 bits per heavy atom. The lowest BCUT2D eigenvalue weighted by atomic mass is 10.2. The van der Waals surface area contributed by atoms with Crippen LogP contribution in [-0.2, 0) is 4.79 Å². The molecule has 1 amide bonds. The molecule has 0 aliphatic heterocycles. The van der Waals surface area contributed by atoms with Crippen LogP contribution < -0.4 is 10.3 Å². The molecule has 0 spiro atoms. The number of anilines is 1. The topological polar surface area (TPSA) is 44.7 Å². The number of nitrogens with one attached hydrogen (secondary N) is 1. The summed E-state index contributed by atoms with van der Waals surface area (Å²) in [4.78, 5) is 13.7. The quantitative estimate of drug-likeness (QED) is 0.676. The highest BCUT2D eigenvalue weighted by Gasteiger charge is 2.05. The average Bonchev–Trinajstić information content (AvgIpc) is 2.50. The lowest BCUT2D eigenvalue weighted by Crippen LogP contribution is -2.32. The highest BCUT2D eigenvalue weighted by Crippen LogP contribution is 2.09. The van der Waals surface area contributed by atoms with Gasteiger partial charge in [-0.25, -0.2) is 5.43 Å². The molecule has 0 saturated heterocycles. The molecular formula is C17H19N3O. The highest BCUT2D eigenvalue weighted by atomic mass is 16.2. The van der Waals surface area contributed by atoms with Crippen molar-refractivity contribution < 1.29 is 4.79 Å². The van der Waals surface area contributed by atoms with Gasteiger partial charge in [-0.1, -0.05) is 48.0 Å². The van der Waals surface area contributed by atoms with Gasteiger partial charge in [0.1, 0.15) is 0 Å². The summed E-state index contributed by atoms with van der Waals surface area (Å²) in [6.07, 6.45) is 1.64. The van der Waals surface area contributed by atoms with E-state index in [-0.39, 0.29) is 12.5 Å². The molecule has 0 atom stereocenters. The third-order valence-electron chi connectivity index (χ3n) is 3.06. The van der Waals surface area contributed by atoms with E-state index in [1.165, 1.54) is 5.56 Å². The van der Waals surface area contributed by atoms with Gasteiger partial charge in [0.05, 0.1) is 12.8 Å². The molecule has 0 aromatic heterocycles. The average molecular weight is 281 g/mol. The van der Waals surface area contributed by atoms with E-state index in [1.54, 1.807) is 6.21 Å². The van der Waals surface area contributed by atoms with E-state index < -0.39 is 0 Å². The minimum absolute atomic E-state index is 0.148. The molecular weight excluding hydrogens is 262 g/mol. The first-order valence-corrected chi connectivity index (χ1v) is 6.80. The first-order chi connectivity index (χ1) is 10.1. The Balaban J connectivity index is 1.83. The van der Waals surface area contributed by atoms with Crippen LogP contribution in [0.2, 0.25) is 0 Å². The fraction of sp³-hybridized carbons (Fsp3) is 0.176. The Kier molecular flexibility index (Phi) is 5.10. The van der Waals surface area contributed by atoms with Gasteiger partial charge in [-0.15, -0.1) is 0 Å². The second-order valence-electron chi connectivity index (χ2n) is 4.90. The van der Waals surface area contributed by atoms with E-state index in [0.29, 0.717) is 0 Å². The van der Waals surface area contributed by atoms with Gasteiger partial charge in [-0.05, 0) is 24.6 Å². The number of nitrogens with zero attached hydrogens (tertiary/aromatic N) is 2. The summed E-state index contributed by atoms with van der Waals surface area (Å²) >= 11 is 0. The molecule has 0 heterocycles. The Morgan fingerprint density at radius 3 is 2.48 bits per heavy atom. The SMILES string of the molecule is Cc1ccc(/C=N\NC(=O)CN(C)c2ccccc2)cc1. The number of hydrogen-bond donors (Lipinski definition) is 1. The van der Waals surface area contributed by atoms with Gasteiger partial charge in [-0.2, -0.15) is 5.10 Å². The first-order valence-electron chi connectivity index (χ1n) is 6.80. The van der Waals surface area contributed by atoms with Crippen molar-refractivity contribution in [2.75, 3.05) is 18.5 Å². The Morgan fingerprint density at radius 2 is 1.81 bits per heavy atom. The van der Waals surface area contributed by atoms with Crippen LogP contribution >= 0.6 is 0 Å². The van der Waals surface area contributed by atoms with Gasteiger partial charge in [-0.3, -0.25) is 4.79 Å². The summed E-state index contributed by atoms with van der Waals surface area (Å²) in [5.74, 6) is -0.148. The lowest BCUT2D eigenvalue weighted by molar-refractivity contribution is -0.119. The van der Waals surface area contributed by atoms with Crippen molar-refractivity contribution in [2.24, 2.45) is 5.10 Å². The minimum Gasteiger partial charge on any atom is -0.365 e. The molecule has 2 aromatic rings. The van der Waals surface area contributed by atoms with Crippen molar-refractivity contribution in [3.05, 3.63) is 65.7 Å². The molecule has 0 unspecified atom stereocenters. The second-order valence-corrected chi connectivity index (χ2v) is 4.90. The summed E-state index contributed by atoms with van der Waals surface area (Å²) in [6.45, 7) is 2.29. The van der Waals surface area contributed by atoms with Crippen molar-refractivity contribution in [3.63, 3.8) is 0 Å². The fourth-order valence-corrected chi connectivity index (χ4v) is 1.86. The van der Waals surface area contributed by atoms with Gasteiger partial charge < -0.3 is 4.90 Å². The Hall–Kier alpha value is -2.62. The van der Waals surface area contributed by atoms with Crippen LogP contribution in [0.3, 0.4) is 0 Å². The number of para-hydroxylation sites is 1. The zero-order chi connectivity index (χ0) is 15.1. The van der Waals surface area contributed by atoms with E-state index in [4.69, 9.17) is 0 Å². The van der Waals surface area contributed by atoms with Crippen molar-refractivity contribution in [3.8, 4) is 0 Å². The molecule has 0 aliphatic carbocycles. The van der Waals surface area contributed by atoms with Crippen LogP contribution in [0.4, 0.5) is 5.69 Å². The third kappa shape index (κ3) is 4.76. The maximum Gasteiger partial charge on any atom is 0.259 e. The molecule has 2 aromatic carbocycles. The molecule has 2 rings (SSSR count). The molecule has 4 nitrogen and oxygen atoms in total. The molecule has 1 N–H and O–H groups in total. The normalized spacial score (nSPS) is 10.6. The zero-order valence-corrected chi connectivity index (χ0v) is 12.3. The van der Waals surface area contributed by atoms with Crippen molar-refractivity contribution in [1.29, 1.82) is 0 Å². The molecule has 21 heavy (non-hydrogen) atoms. The summed E-state index contributed by atoms with van der Waals surface area (Å²) < 4.78 is 0. The predicted molar refractivity (Wildman–Crippen MR) is 86.6 cm³/mol. The predicted octanol–water partition coefficient (Wildman–Crippen LogP) is 2.58. The van der Waals surface area contributed by atoms with E-state index in [0.717, 1.165) is 11.3 Å². The number of likely N-dealkylation sites (N-methyl/N-ethyl adjacent to an activating group) is 1. The fourth-order valence-electron chi connectivity index (χ4n) is 1.86. The smallest absolute Gasteiger partial charge is 0.259 e. The van der Waals surface area contributed by atoms with E-state index in [1.807, 2.05) is 73.5 Å². The van der Waals surface area contributed by atoms with E-state index >= 15 is 0 Å². The number of amides is 1. The number of benzene rings is 2. The van der Waals surface area contributed by atoms with Crippen molar-refractivity contribution in [2.45, 2.75) is 6.92 Å². The number of aryl methyl sites for hydroxylation is 1. The van der Waals surface area contributed by atoms with Crippen LogP contribution in [0.15, 0.2) is 59.7 Å². The van der Waals surface area contributed by atoms with E-state index in [2.05, 4.69) is 10.5 Å². The third-order valence-corrected chi connectivity index (χ3v) is 3.06. The highest BCUT2D eigenvalue weighted by molar-refractivity contribution is 5.84. The number of rotatable bonds is 5. The molecule has 0 radical (unpaired) electrons. The summed E-state index contributed by atoms with van der Waals surface area (Å²) in [5, 5.41) is 3.97. The van der Waals surface area contributed by atoms with E-state index in [9.17, 15) is 4.79 Å². The second kappa shape index (κ2) is 7.24. The van der Waals surface area contributed by atoms with Gasteiger partial charge in [0.15, 0.2) is 0 Å². The van der Waals surface area contributed by atoms with Crippen molar-refractivity contribution in [1.82, 2.24) is 5.43 Å². The lowest BCUT2D eigenvalue weighted by Gasteiger charge is -2.17. The van der Waals surface area contributed by atoms with Gasteiger partial charge >= 0.3 is 0 Å². The summed E-state index contributed by atoms with van der Waals surface area (Å²) in [5.41, 5.74) is 5.68. The van der Waals surface area contributed by atoms with Crippen LogP contribution in [0, 0.1) is 6.92 Å². The van der Waals surface area contributed by atoms with Crippen molar-refractivity contribution >= 4 is 17.8 Å². The summed E-state index contributed by atoms with van der Waals surface area (Å²) in [6, 6.07) is 17.7.